The number of pyridine rings is 1. The minimum atomic E-state index is -4.59. The molecule has 0 saturated carbocycles. The van der Waals surface area contributed by atoms with Gasteiger partial charge >= 0.3 is 6.18 Å². The van der Waals surface area contributed by atoms with Crippen molar-refractivity contribution in [2.24, 2.45) is 0 Å². The molecule has 1 atom stereocenters. The Kier molecular flexibility index (Phi) is 5.83. The van der Waals surface area contributed by atoms with Crippen molar-refractivity contribution >= 4 is 16.9 Å². The van der Waals surface area contributed by atoms with Crippen molar-refractivity contribution in [1.29, 1.82) is 0 Å². The summed E-state index contributed by atoms with van der Waals surface area (Å²) in [6.45, 7) is 1.65. The fourth-order valence-corrected chi connectivity index (χ4v) is 3.72. The van der Waals surface area contributed by atoms with Crippen LogP contribution in [0.25, 0.3) is 11.0 Å². The molecule has 3 aromatic rings. The summed E-state index contributed by atoms with van der Waals surface area (Å²) < 4.78 is 56.0. The molecule has 7 nitrogen and oxygen atoms in total. The largest absolute Gasteiger partial charge is 0.489 e. The SMILES string of the molecule is Cc1oc2ccc(OCc3cccnc3C(F)(F)F)cc2c1C(=O)NC1(CO)CCOC1. The molecule has 0 radical (unpaired) electrons. The average Bonchev–Trinajstić information content (AvgIpc) is 3.35. The third-order valence-corrected chi connectivity index (χ3v) is 5.40. The van der Waals surface area contributed by atoms with Gasteiger partial charge in [-0.25, -0.2) is 0 Å². The first-order valence-corrected chi connectivity index (χ1v) is 9.91. The number of furan rings is 1. The number of hydrogen-bond donors (Lipinski definition) is 2. The van der Waals surface area contributed by atoms with Crippen molar-refractivity contribution in [2.75, 3.05) is 19.8 Å². The van der Waals surface area contributed by atoms with E-state index in [1.807, 2.05) is 0 Å². The van der Waals surface area contributed by atoms with E-state index in [4.69, 9.17) is 13.9 Å². The van der Waals surface area contributed by atoms with Crippen LogP contribution in [0.1, 0.15) is 33.8 Å². The molecule has 32 heavy (non-hydrogen) atoms. The molecule has 2 aromatic heterocycles. The summed E-state index contributed by atoms with van der Waals surface area (Å²) in [5.41, 5.74) is -1.28. The minimum absolute atomic E-state index is 0.104. The molecule has 0 spiro atoms. The van der Waals surface area contributed by atoms with Gasteiger partial charge in [-0.05, 0) is 37.6 Å². The molecule has 170 valence electrons. The van der Waals surface area contributed by atoms with Gasteiger partial charge in [-0.3, -0.25) is 9.78 Å². The Morgan fingerprint density at radius 1 is 1.34 bits per heavy atom. The van der Waals surface area contributed by atoms with Gasteiger partial charge < -0.3 is 24.3 Å². The predicted molar refractivity (Wildman–Crippen MR) is 107 cm³/mol. The van der Waals surface area contributed by atoms with Gasteiger partial charge in [-0.15, -0.1) is 0 Å². The highest BCUT2D eigenvalue weighted by molar-refractivity contribution is 6.07. The average molecular weight is 450 g/mol. The number of alkyl halides is 3. The number of fused-ring (bicyclic) bond motifs is 1. The first-order chi connectivity index (χ1) is 15.2. The van der Waals surface area contributed by atoms with Crippen molar-refractivity contribution in [2.45, 2.75) is 31.7 Å². The van der Waals surface area contributed by atoms with E-state index < -0.39 is 23.3 Å². The molecule has 2 N–H and O–H groups in total. The van der Waals surface area contributed by atoms with Crippen LogP contribution in [0.2, 0.25) is 0 Å². The van der Waals surface area contributed by atoms with E-state index >= 15 is 0 Å². The Morgan fingerprint density at radius 2 is 2.16 bits per heavy atom. The van der Waals surface area contributed by atoms with E-state index in [0.717, 1.165) is 6.20 Å². The molecule has 0 aliphatic carbocycles. The highest BCUT2D eigenvalue weighted by atomic mass is 19.4. The summed E-state index contributed by atoms with van der Waals surface area (Å²) in [7, 11) is 0. The molecule has 4 rings (SSSR count). The lowest BCUT2D eigenvalue weighted by Crippen LogP contribution is -2.52. The summed E-state index contributed by atoms with van der Waals surface area (Å²) in [5.74, 6) is 0.197. The van der Waals surface area contributed by atoms with Crippen LogP contribution in [-0.2, 0) is 17.5 Å². The number of benzene rings is 1. The molecule has 1 aromatic carbocycles. The fraction of sp³-hybridized carbons (Fsp3) is 0.364. The van der Waals surface area contributed by atoms with Crippen LogP contribution in [0.15, 0.2) is 40.9 Å². The van der Waals surface area contributed by atoms with Crippen LogP contribution in [0, 0.1) is 6.92 Å². The molecule has 1 fully saturated rings. The highest BCUT2D eigenvalue weighted by Gasteiger charge is 2.37. The standard InChI is InChI=1S/C22H21F3N2O5/c1-13-18(20(29)27-21(11-28)6-8-30-12-21)16-9-15(4-5-17(16)32-13)31-10-14-3-2-7-26-19(14)22(23,24)25/h2-5,7,9,28H,6,8,10-12H2,1H3,(H,27,29). The number of nitrogens with zero attached hydrogens (tertiary/aromatic N) is 1. The Balaban J connectivity index is 1.59. The number of amides is 1. The maximum Gasteiger partial charge on any atom is 0.433 e. The van der Waals surface area contributed by atoms with Gasteiger partial charge in [0.2, 0.25) is 0 Å². The van der Waals surface area contributed by atoms with Gasteiger partial charge in [0.15, 0.2) is 5.69 Å². The van der Waals surface area contributed by atoms with Crippen LogP contribution in [0.4, 0.5) is 13.2 Å². The Bertz CT molecular complexity index is 1140. The molecule has 1 amide bonds. The lowest BCUT2D eigenvalue weighted by molar-refractivity contribution is -0.142. The normalized spacial score (nSPS) is 18.8. The Labute approximate surface area is 181 Å². The highest BCUT2D eigenvalue weighted by Crippen LogP contribution is 2.32. The van der Waals surface area contributed by atoms with Crippen LogP contribution in [0.3, 0.4) is 0 Å². The van der Waals surface area contributed by atoms with Gasteiger partial charge in [0, 0.05) is 23.8 Å². The number of hydrogen-bond acceptors (Lipinski definition) is 6. The quantitative estimate of drug-likeness (QED) is 0.596. The predicted octanol–water partition coefficient (Wildman–Crippen LogP) is 3.62. The molecule has 1 aliphatic heterocycles. The van der Waals surface area contributed by atoms with Gasteiger partial charge in [-0.1, -0.05) is 6.07 Å². The Morgan fingerprint density at radius 3 is 2.84 bits per heavy atom. The first kappa shape index (κ1) is 22.1. The van der Waals surface area contributed by atoms with Crippen molar-refractivity contribution in [3.63, 3.8) is 0 Å². The third-order valence-electron chi connectivity index (χ3n) is 5.40. The van der Waals surface area contributed by atoms with Crippen LogP contribution in [0.5, 0.6) is 5.75 Å². The lowest BCUT2D eigenvalue weighted by Gasteiger charge is -2.26. The van der Waals surface area contributed by atoms with E-state index in [1.54, 1.807) is 25.1 Å². The first-order valence-electron chi connectivity index (χ1n) is 9.91. The summed E-state index contributed by atoms with van der Waals surface area (Å²) in [6.07, 6.45) is -3.04. The number of nitrogens with one attached hydrogen (secondary N) is 1. The van der Waals surface area contributed by atoms with E-state index in [1.165, 1.54) is 12.1 Å². The van der Waals surface area contributed by atoms with E-state index in [2.05, 4.69) is 10.3 Å². The van der Waals surface area contributed by atoms with Gasteiger partial charge in [0.25, 0.3) is 5.91 Å². The van der Waals surface area contributed by atoms with E-state index in [-0.39, 0.29) is 36.7 Å². The summed E-state index contributed by atoms with van der Waals surface area (Å²) in [5, 5.41) is 13.0. The van der Waals surface area contributed by atoms with Crippen LogP contribution in [-0.4, -0.2) is 41.4 Å². The minimum Gasteiger partial charge on any atom is -0.489 e. The molecule has 1 saturated heterocycles. The van der Waals surface area contributed by atoms with Gasteiger partial charge in [0.1, 0.15) is 23.7 Å². The monoisotopic (exact) mass is 450 g/mol. The second kappa shape index (κ2) is 8.44. The van der Waals surface area contributed by atoms with Crippen LogP contribution >= 0.6 is 0 Å². The van der Waals surface area contributed by atoms with Crippen LogP contribution < -0.4 is 10.1 Å². The molecule has 0 bridgehead atoms. The second-order valence-corrected chi connectivity index (χ2v) is 7.68. The maximum absolute atomic E-state index is 13.2. The number of aromatic nitrogens is 1. The Hall–Kier alpha value is -3.11. The number of aryl methyl sites for hydroxylation is 1. The van der Waals surface area contributed by atoms with Crippen molar-refractivity contribution in [1.82, 2.24) is 10.3 Å². The number of carbonyl (C=O) groups excluding carboxylic acids is 1. The number of aliphatic hydroxyl groups excluding tert-OH is 1. The number of halogens is 3. The van der Waals surface area contributed by atoms with E-state index in [0.29, 0.717) is 29.8 Å². The zero-order chi connectivity index (χ0) is 22.9. The summed E-state index contributed by atoms with van der Waals surface area (Å²) in [4.78, 5) is 16.4. The number of ether oxygens (including phenoxy) is 2. The second-order valence-electron chi connectivity index (χ2n) is 7.68. The topological polar surface area (TPSA) is 93.8 Å². The van der Waals surface area contributed by atoms with E-state index in [9.17, 15) is 23.1 Å². The summed E-state index contributed by atoms with van der Waals surface area (Å²) >= 11 is 0. The molecule has 3 heterocycles. The smallest absolute Gasteiger partial charge is 0.433 e. The number of rotatable bonds is 6. The lowest BCUT2D eigenvalue weighted by atomic mass is 9.99. The maximum atomic E-state index is 13.2. The molecular weight excluding hydrogens is 429 g/mol. The fourth-order valence-electron chi connectivity index (χ4n) is 3.72. The molecular formula is C22H21F3N2O5. The van der Waals surface area contributed by atoms with Crippen molar-refractivity contribution in [3.05, 3.63) is 59.1 Å². The zero-order valence-electron chi connectivity index (χ0n) is 17.2. The van der Waals surface area contributed by atoms with Gasteiger partial charge in [-0.2, -0.15) is 13.2 Å². The number of carbonyl (C=O) groups is 1. The number of aliphatic hydroxyl groups is 1. The molecule has 1 aliphatic rings. The van der Waals surface area contributed by atoms with Crippen molar-refractivity contribution in [3.8, 4) is 5.75 Å². The summed E-state index contributed by atoms with van der Waals surface area (Å²) in [6, 6.07) is 7.39. The van der Waals surface area contributed by atoms with Gasteiger partial charge in [0.05, 0.1) is 24.3 Å². The zero-order valence-corrected chi connectivity index (χ0v) is 17.2. The third kappa shape index (κ3) is 4.28. The molecule has 1 unspecified atom stereocenters. The van der Waals surface area contributed by atoms with Crippen molar-refractivity contribution < 1.29 is 37.0 Å². The molecule has 10 heteroatoms.